The Bertz CT molecular complexity index is 2000. The van der Waals surface area contributed by atoms with E-state index in [-0.39, 0.29) is 48.9 Å². The summed E-state index contributed by atoms with van der Waals surface area (Å²) >= 11 is 5.21. The molecular weight excluding hydrogens is 760 g/mol. The number of carboxylic acid groups (broad SMARTS) is 1. The Morgan fingerprint density at radius 2 is 1.25 bits per heavy atom. The van der Waals surface area contributed by atoms with Crippen LogP contribution in [0.4, 0.5) is 24.1 Å². The molecule has 0 spiro atoms. The smallest absolute Gasteiger partial charge is 0.407 e. The lowest BCUT2D eigenvalue weighted by atomic mass is 9.91. The van der Waals surface area contributed by atoms with E-state index < -0.39 is 18.2 Å². The molecule has 2 aliphatic rings. The van der Waals surface area contributed by atoms with E-state index in [4.69, 9.17) is 31.2 Å². The number of carbonyl (C=O) groups is 4. The van der Waals surface area contributed by atoms with Crippen molar-refractivity contribution in [1.29, 1.82) is 0 Å². The Kier molecular flexibility index (Phi) is 19.0. The highest BCUT2D eigenvalue weighted by Crippen LogP contribution is 2.30. The molecule has 0 radical (unpaired) electrons. The SMILES string of the molecule is CC(=O)O.Fc1ccc(NCl)cc1.N.O=C(NC1CCc2[nH]c3ccc(F)cc3c2C1)OCc1ccccc1.O=C1CCC(NC(=O)OCc2ccccc2)CC1. The monoisotopic (exact) mass is 807 g/mol. The van der Waals surface area contributed by atoms with Crippen LogP contribution in [-0.4, -0.2) is 46.1 Å². The van der Waals surface area contributed by atoms with Gasteiger partial charge < -0.3 is 36.3 Å². The van der Waals surface area contributed by atoms with Crippen molar-refractivity contribution < 1.29 is 42.5 Å². The Hall–Kier alpha value is -5.99. The highest BCUT2D eigenvalue weighted by Gasteiger charge is 2.24. The maximum Gasteiger partial charge on any atom is 0.407 e. The van der Waals surface area contributed by atoms with Crippen molar-refractivity contribution >= 4 is 52.3 Å². The molecule has 1 unspecified atom stereocenters. The third kappa shape index (κ3) is 16.3. The molecule has 12 nitrogen and oxygen atoms in total. The van der Waals surface area contributed by atoms with Gasteiger partial charge in [-0.05, 0) is 91.3 Å². The van der Waals surface area contributed by atoms with Crippen LogP contribution in [0.2, 0.25) is 0 Å². The summed E-state index contributed by atoms with van der Waals surface area (Å²) in [7, 11) is 0. The first kappa shape index (κ1) is 45.4. The number of anilines is 1. The number of aromatic amines is 1. The molecule has 4 aromatic carbocycles. The molecule has 2 aliphatic carbocycles. The molecule has 5 aromatic rings. The van der Waals surface area contributed by atoms with Crippen molar-refractivity contribution in [3.05, 3.63) is 137 Å². The van der Waals surface area contributed by atoms with Gasteiger partial charge in [-0.2, -0.15) is 0 Å². The number of hydrogen-bond donors (Lipinski definition) is 6. The van der Waals surface area contributed by atoms with Gasteiger partial charge in [0.25, 0.3) is 5.97 Å². The fourth-order valence-corrected chi connectivity index (χ4v) is 6.10. The number of ketones is 1. The number of carboxylic acids is 1. The van der Waals surface area contributed by atoms with Crippen LogP contribution in [0.5, 0.6) is 0 Å². The second-order valence-electron chi connectivity index (χ2n) is 13.1. The minimum atomic E-state index is -0.833. The number of hydrogen-bond acceptors (Lipinski definition) is 8. The third-order valence-electron chi connectivity index (χ3n) is 8.72. The maximum atomic E-state index is 13.5. The van der Waals surface area contributed by atoms with Crippen LogP contribution >= 0.6 is 11.8 Å². The first-order valence-electron chi connectivity index (χ1n) is 18.1. The van der Waals surface area contributed by atoms with Gasteiger partial charge in [-0.3, -0.25) is 14.4 Å². The first-order chi connectivity index (χ1) is 27.0. The Morgan fingerprint density at radius 1 is 0.754 bits per heavy atom. The number of carbonyl (C=O) groups excluding carboxylic acids is 3. The van der Waals surface area contributed by atoms with Crippen LogP contribution in [0, 0.1) is 11.6 Å². The highest BCUT2D eigenvalue weighted by molar-refractivity contribution is 6.23. The van der Waals surface area contributed by atoms with Crippen molar-refractivity contribution in [1.82, 2.24) is 21.8 Å². The van der Waals surface area contributed by atoms with E-state index in [1.54, 1.807) is 24.3 Å². The molecule has 57 heavy (non-hydrogen) atoms. The fourth-order valence-electron chi connectivity index (χ4n) is 5.97. The number of fused-ring (bicyclic) bond motifs is 3. The normalized spacial score (nSPS) is 14.2. The third-order valence-corrected chi connectivity index (χ3v) is 8.93. The first-order valence-corrected chi connectivity index (χ1v) is 18.4. The minimum Gasteiger partial charge on any atom is -0.481 e. The summed E-state index contributed by atoms with van der Waals surface area (Å²) < 4.78 is 36.1. The van der Waals surface area contributed by atoms with Crippen LogP contribution < -0.4 is 21.6 Å². The summed E-state index contributed by atoms with van der Waals surface area (Å²) in [4.78, 5) is 49.4. The van der Waals surface area contributed by atoms with Crippen molar-refractivity contribution in [2.75, 3.05) is 4.84 Å². The lowest BCUT2D eigenvalue weighted by molar-refractivity contribution is -0.134. The van der Waals surface area contributed by atoms with E-state index in [1.165, 1.54) is 18.2 Å². The van der Waals surface area contributed by atoms with Gasteiger partial charge in [-0.1, -0.05) is 60.7 Å². The van der Waals surface area contributed by atoms with E-state index >= 15 is 0 Å². The average Bonchev–Trinajstić information content (AvgIpc) is 3.55. The molecule has 0 aliphatic heterocycles. The predicted molar refractivity (Wildman–Crippen MR) is 215 cm³/mol. The summed E-state index contributed by atoms with van der Waals surface area (Å²) in [5.74, 6) is -1.05. The molecule has 1 saturated carbocycles. The number of halogens is 3. The van der Waals surface area contributed by atoms with Crippen LogP contribution in [0.15, 0.2) is 103 Å². The summed E-state index contributed by atoms with van der Waals surface area (Å²) in [5.41, 5.74) is 5.78. The van der Waals surface area contributed by atoms with E-state index in [0.717, 1.165) is 65.9 Å². The largest absolute Gasteiger partial charge is 0.481 e. The van der Waals surface area contributed by atoms with E-state index in [0.29, 0.717) is 24.9 Å². The second kappa shape index (κ2) is 23.8. The summed E-state index contributed by atoms with van der Waals surface area (Å²) in [6.45, 7) is 1.61. The van der Waals surface area contributed by atoms with E-state index in [1.807, 2.05) is 60.7 Å². The van der Waals surface area contributed by atoms with Crippen LogP contribution in [0.1, 0.15) is 61.4 Å². The molecule has 1 aromatic heterocycles. The predicted octanol–water partition coefficient (Wildman–Crippen LogP) is 9.16. The number of amides is 2. The lowest BCUT2D eigenvalue weighted by Crippen LogP contribution is -2.39. The number of H-pyrrole nitrogens is 1. The zero-order valence-corrected chi connectivity index (χ0v) is 32.3. The van der Waals surface area contributed by atoms with Gasteiger partial charge in [0, 0.05) is 65.9 Å². The number of Topliss-reactive ketones (excluding diaryl/α,β-unsaturated/α-hetero) is 1. The molecule has 7 rings (SSSR count). The topological polar surface area (TPSA) is 194 Å². The van der Waals surface area contributed by atoms with Crippen LogP contribution in [0.25, 0.3) is 10.9 Å². The summed E-state index contributed by atoms with van der Waals surface area (Å²) in [6, 6.07) is 29.8. The number of rotatable bonds is 7. The number of aliphatic carboxylic acids is 1. The van der Waals surface area contributed by atoms with E-state index in [2.05, 4.69) is 20.5 Å². The molecule has 2 amide bonds. The van der Waals surface area contributed by atoms with Crippen molar-refractivity contribution in [3.8, 4) is 0 Å². The van der Waals surface area contributed by atoms with Gasteiger partial charge in [0.1, 0.15) is 30.6 Å². The van der Waals surface area contributed by atoms with Gasteiger partial charge >= 0.3 is 12.2 Å². The molecular formula is C42H48ClF2N5O7. The Labute approximate surface area is 335 Å². The second-order valence-corrected chi connectivity index (χ2v) is 13.2. The number of aromatic nitrogens is 1. The van der Waals surface area contributed by atoms with Gasteiger partial charge in [0.05, 0.1) is 0 Å². The van der Waals surface area contributed by atoms with Crippen LogP contribution in [-0.2, 0) is 45.1 Å². The average molecular weight is 808 g/mol. The number of ether oxygens (including phenoxy) is 2. The number of aryl methyl sites for hydroxylation is 1. The molecule has 1 heterocycles. The standard InChI is InChI=1S/C20H19FN2O2.C14H17NO3.C6H5ClFN.C2H4O2.H3N/c21-14-6-8-18-16(10-14)17-11-15(7-9-19(17)23-18)22-20(24)25-12-13-4-2-1-3-5-13;16-13-8-6-12(7-9-13)15-14(17)18-10-11-4-2-1-3-5-11;7-9-6-3-1-5(8)2-4-6;1-2(3)4;/h1-6,8,10,15,23H,7,9,11-12H2,(H,22,24);1-5,12H,6-10H2,(H,15,17);1-4,9H;1H3,(H,3,4);1H3. The van der Waals surface area contributed by atoms with Crippen molar-refractivity contribution in [2.45, 2.75) is 77.2 Å². The Morgan fingerprint density at radius 3 is 1.77 bits per heavy atom. The molecule has 0 saturated heterocycles. The minimum absolute atomic E-state index is 0. The number of alkyl carbamates (subject to hydrolysis) is 2. The van der Waals surface area contributed by atoms with Gasteiger partial charge in [0.15, 0.2) is 0 Å². The molecule has 304 valence electrons. The van der Waals surface area contributed by atoms with Crippen molar-refractivity contribution in [3.63, 3.8) is 0 Å². The molecule has 1 atom stereocenters. The zero-order chi connectivity index (χ0) is 40.3. The van der Waals surface area contributed by atoms with Gasteiger partial charge in [0.2, 0.25) is 0 Å². The Balaban J connectivity index is 0.000000237. The number of benzene rings is 4. The fraction of sp³-hybridized carbons (Fsp3) is 0.286. The molecule has 0 bridgehead atoms. The zero-order valence-electron chi connectivity index (χ0n) is 31.6. The maximum absolute atomic E-state index is 13.5. The molecule has 8 N–H and O–H groups in total. The molecule has 1 fully saturated rings. The van der Waals surface area contributed by atoms with E-state index in [9.17, 15) is 23.2 Å². The van der Waals surface area contributed by atoms with Crippen molar-refractivity contribution in [2.24, 2.45) is 0 Å². The lowest BCUT2D eigenvalue weighted by Gasteiger charge is -2.23. The summed E-state index contributed by atoms with van der Waals surface area (Å²) in [6.07, 6.45) is 4.09. The van der Waals surface area contributed by atoms with Gasteiger partial charge in [-0.25, -0.2) is 18.4 Å². The summed E-state index contributed by atoms with van der Waals surface area (Å²) in [5, 5.41) is 14.0. The quantitative estimate of drug-likeness (QED) is 0.0870. The van der Waals surface area contributed by atoms with Crippen LogP contribution in [0.3, 0.4) is 0 Å². The highest BCUT2D eigenvalue weighted by atomic mass is 35.5. The molecule has 15 heteroatoms. The van der Waals surface area contributed by atoms with Gasteiger partial charge in [-0.15, -0.1) is 0 Å². The number of nitrogens with one attached hydrogen (secondary N) is 4.